The predicted molar refractivity (Wildman–Crippen MR) is 86.0 cm³/mol. The molecule has 0 aliphatic carbocycles. The maximum absolute atomic E-state index is 12.3. The van der Waals surface area contributed by atoms with Crippen LogP contribution in [-0.2, 0) is 4.79 Å². The molecule has 1 aliphatic heterocycles. The number of rotatable bonds is 3. The summed E-state index contributed by atoms with van der Waals surface area (Å²) in [6.07, 6.45) is 1.74. The minimum absolute atomic E-state index is 0.357. The molecule has 2 N–H and O–H groups in total. The van der Waals surface area contributed by atoms with Crippen molar-refractivity contribution in [2.24, 2.45) is 4.99 Å². The first-order valence-electron chi connectivity index (χ1n) is 6.01. The Morgan fingerprint density at radius 2 is 2.00 bits per heavy atom. The zero-order chi connectivity index (χ0) is 15.6. The molecular formula is C13H13Cl2N3O2S. The van der Waals surface area contributed by atoms with E-state index < -0.39 is 22.3 Å². The van der Waals surface area contributed by atoms with Gasteiger partial charge >= 0.3 is 0 Å². The first-order valence-corrected chi connectivity index (χ1v) is 8.11. The fourth-order valence-electron chi connectivity index (χ4n) is 1.77. The van der Waals surface area contributed by atoms with Crippen molar-refractivity contribution in [3.8, 4) is 0 Å². The highest BCUT2D eigenvalue weighted by molar-refractivity contribution is 8.13. The molecule has 0 radical (unpaired) electrons. The lowest BCUT2D eigenvalue weighted by atomic mass is 10.1. The van der Waals surface area contributed by atoms with Gasteiger partial charge in [-0.15, -0.1) is 0 Å². The highest BCUT2D eigenvalue weighted by Gasteiger charge is 2.50. The van der Waals surface area contributed by atoms with Gasteiger partial charge in [0.1, 0.15) is 0 Å². The highest BCUT2D eigenvalue weighted by atomic mass is 35.5. The van der Waals surface area contributed by atoms with Crippen molar-refractivity contribution in [3.63, 3.8) is 0 Å². The molecule has 21 heavy (non-hydrogen) atoms. The topological polar surface area (TPSA) is 70.6 Å². The van der Waals surface area contributed by atoms with Crippen LogP contribution in [0, 0.1) is 6.92 Å². The Balaban J connectivity index is 2.29. The fourth-order valence-corrected chi connectivity index (χ4v) is 2.60. The molecule has 0 bridgehead atoms. The normalized spacial score (nSPS) is 21.2. The predicted octanol–water partition coefficient (Wildman–Crippen LogP) is 2.07. The zero-order valence-corrected chi connectivity index (χ0v) is 13.6. The van der Waals surface area contributed by atoms with Crippen molar-refractivity contribution in [2.75, 3.05) is 6.26 Å². The maximum atomic E-state index is 12.3. The number of thioether (sulfide) groups is 1. The van der Waals surface area contributed by atoms with E-state index in [1.54, 1.807) is 30.5 Å². The number of amides is 2. The highest BCUT2D eigenvalue weighted by Crippen LogP contribution is 2.28. The Morgan fingerprint density at radius 1 is 1.38 bits per heavy atom. The van der Waals surface area contributed by atoms with Crippen molar-refractivity contribution in [3.05, 3.63) is 35.4 Å². The van der Waals surface area contributed by atoms with Crippen molar-refractivity contribution >= 4 is 51.9 Å². The van der Waals surface area contributed by atoms with Gasteiger partial charge in [0.05, 0.1) is 0 Å². The van der Waals surface area contributed by atoms with Crippen LogP contribution >= 0.6 is 35.0 Å². The average molecular weight is 346 g/mol. The molecule has 0 fully saturated rings. The fraction of sp³-hybridized carbons (Fsp3) is 0.308. The Hall–Kier alpha value is -1.24. The number of carbonyl (C=O) groups excluding carboxylic acids is 2. The van der Waals surface area contributed by atoms with Crippen LogP contribution in [0.2, 0.25) is 0 Å². The van der Waals surface area contributed by atoms with Gasteiger partial charge in [-0.05, 0) is 25.3 Å². The van der Waals surface area contributed by atoms with Gasteiger partial charge in [0, 0.05) is 5.56 Å². The third-order valence-electron chi connectivity index (χ3n) is 2.97. The molecule has 0 aromatic heterocycles. The molecule has 2 amide bonds. The van der Waals surface area contributed by atoms with Crippen LogP contribution in [0.4, 0.5) is 0 Å². The van der Waals surface area contributed by atoms with Gasteiger partial charge in [-0.1, -0.05) is 52.7 Å². The lowest BCUT2D eigenvalue weighted by molar-refractivity contribution is -0.124. The molecule has 5 nitrogen and oxygen atoms in total. The van der Waals surface area contributed by atoms with Crippen LogP contribution in [0.25, 0.3) is 0 Å². The second kappa shape index (κ2) is 6.25. The van der Waals surface area contributed by atoms with E-state index in [0.29, 0.717) is 10.7 Å². The van der Waals surface area contributed by atoms with E-state index in [0.717, 1.165) is 5.56 Å². The third-order valence-corrected chi connectivity index (χ3v) is 4.18. The van der Waals surface area contributed by atoms with E-state index in [1.807, 2.05) is 6.92 Å². The van der Waals surface area contributed by atoms with Crippen LogP contribution < -0.4 is 10.6 Å². The Bertz CT molecular complexity index is 604. The molecule has 1 aromatic carbocycles. The van der Waals surface area contributed by atoms with Crippen LogP contribution in [0.15, 0.2) is 29.3 Å². The Kier molecular flexibility index (Phi) is 4.81. The smallest absolute Gasteiger partial charge is 0.277 e. The van der Waals surface area contributed by atoms with E-state index in [9.17, 15) is 9.59 Å². The van der Waals surface area contributed by atoms with E-state index in [4.69, 9.17) is 23.2 Å². The first-order chi connectivity index (χ1) is 9.89. The van der Waals surface area contributed by atoms with Gasteiger partial charge in [-0.3, -0.25) is 9.59 Å². The molecule has 1 heterocycles. The number of amidine groups is 1. The molecule has 1 aliphatic rings. The van der Waals surface area contributed by atoms with Crippen molar-refractivity contribution in [1.29, 1.82) is 0 Å². The summed E-state index contributed by atoms with van der Waals surface area (Å²) in [5.41, 5.74) is -0.284. The third kappa shape index (κ3) is 3.17. The number of nitrogens with one attached hydrogen (secondary N) is 2. The number of aliphatic imine (C=N–C) groups is 1. The maximum Gasteiger partial charge on any atom is 0.277 e. The lowest BCUT2D eigenvalue weighted by Crippen LogP contribution is -2.58. The van der Waals surface area contributed by atoms with Crippen molar-refractivity contribution in [1.82, 2.24) is 10.6 Å². The van der Waals surface area contributed by atoms with Gasteiger partial charge in [0.25, 0.3) is 11.8 Å². The number of hydrogen-bond acceptors (Lipinski definition) is 4. The lowest BCUT2D eigenvalue weighted by Gasteiger charge is -2.25. The first kappa shape index (κ1) is 16.1. The van der Waals surface area contributed by atoms with E-state index in [2.05, 4.69) is 15.6 Å². The molecule has 0 saturated carbocycles. The van der Waals surface area contributed by atoms with Crippen LogP contribution in [0.3, 0.4) is 0 Å². The van der Waals surface area contributed by atoms with Gasteiger partial charge in [0.2, 0.25) is 5.66 Å². The molecule has 112 valence electrons. The molecule has 8 heteroatoms. The number of benzene rings is 1. The number of aryl methyl sites for hydroxylation is 1. The molecule has 1 aromatic rings. The van der Waals surface area contributed by atoms with Crippen LogP contribution in [-0.4, -0.2) is 33.7 Å². The SMILES string of the molecule is CSC1=N[C@](NC(=O)c2ccc(C)cc2)(C(Cl)Cl)C(=O)N1. The summed E-state index contributed by atoms with van der Waals surface area (Å²) in [5.74, 6) is -1.02. The summed E-state index contributed by atoms with van der Waals surface area (Å²) in [4.78, 5) is 27.3. The number of alkyl halides is 2. The van der Waals surface area contributed by atoms with Gasteiger partial charge in [-0.25, -0.2) is 4.99 Å². The largest absolute Gasteiger partial charge is 0.318 e. The number of hydrogen-bond donors (Lipinski definition) is 2. The molecule has 0 saturated heterocycles. The number of carbonyl (C=O) groups is 2. The minimum atomic E-state index is -1.70. The summed E-state index contributed by atoms with van der Waals surface area (Å²) in [6, 6.07) is 6.90. The summed E-state index contributed by atoms with van der Waals surface area (Å²) < 4.78 is 0. The molecule has 2 rings (SSSR count). The van der Waals surface area contributed by atoms with Gasteiger partial charge in [-0.2, -0.15) is 0 Å². The van der Waals surface area contributed by atoms with Crippen molar-refractivity contribution < 1.29 is 9.59 Å². The molecule has 1 atom stereocenters. The monoisotopic (exact) mass is 345 g/mol. The summed E-state index contributed by atoms with van der Waals surface area (Å²) in [7, 11) is 0. The summed E-state index contributed by atoms with van der Waals surface area (Å²) in [5, 5.41) is 5.42. The zero-order valence-electron chi connectivity index (χ0n) is 11.3. The second-order valence-electron chi connectivity index (χ2n) is 4.46. The van der Waals surface area contributed by atoms with Gasteiger partial charge < -0.3 is 10.6 Å². The minimum Gasteiger partial charge on any atom is -0.318 e. The van der Waals surface area contributed by atoms with E-state index in [-0.39, 0.29) is 0 Å². The molecular weight excluding hydrogens is 333 g/mol. The van der Waals surface area contributed by atoms with E-state index >= 15 is 0 Å². The standard InChI is InChI=1S/C13H13Cl2N3O2S/c1-7-3-5-8(6-4-7)9(19)17-13(10(14)15)11(20)16-12(18-13)21-2/h3-6,10H,1-2H3,(H,17,19)(H,16,18,20)/t13-/m1/s1. The Labute approximate surface area is 136 Å². The number of halogens is 2. The Morgan fingerprint density at radius 3 is 2.48 bits per heavy atom. The van der Waals surface area contributed by atoms with Crippen LogP contribution in [0.5, 0.6) is 0 Å². The van der Waals surface area contributed by atoms with Crippen molar-refractivity contribution in [2.45, 2.75) is 17.4 Å². The van der Waals surface area contributed by atoms with Crippen LogP contribution in [0.1, 0.15) is 15.9 Å². The summed E-state index contributed by atoms with van der Waals surface area (Å²) in [6.45, 7) is 1.91. The van der Waals surface area contributed by atoms with E-state index in [1.165, 1.54) is 11.8 Å². The van der Waals surface area contributed by atoms with Gasteiger partial charge in [0.15, 0.2) is 10.0 Å². The number of nitrogens with zero attached hydrogens (tertiary/aromatic N) is 1. The summed E-state index contributed by atoms with van der Waals surface area (Å²) >= 11 is 13.0. The molecule has 0 spiro atoms. The average Bonchev–Trinajstić information content (AvgIpc) is 2.77. The quantitative estimate of drug-likeness (QED) is 0.824. The molecule has 0 unspecified atom stereocenters. The second-order valence-corrected chi connectivity index (χ2v) is 6.35.